The highest BCUT2D eigenvalue weighted by atomic mass is 32.1. The van der Waals surface area contributed by atoms with Gasteiger partial charge in [0.25, 0.3) is 11.8 Å². The molecule has 0 saturated heterocycles. The minimum absolute atomic E-state index is 0.118. The summed E-state index contributed by atoms with van der Waals surface area (Å²) < 4.78 is 5.16. The highest BCUT2D eigenvalue weighted by molar-refractivity contribution is 7.80. The summed E-state index contributed by atoms with van der Waals surface area (Å²) in [6, 6.07) is 13.7. The molecular formula is C18H19N3O3S. The minimum atomic E-state index is -0.379. The number of benzene rings is 2. The van der Waals surface area contributed by atoms with Crippen molar-refractivity contribution in [3.05, 3.63) is 59.7 Å². The highest BCUT2D eigenvalue weighted by Crippen LogP contribution is 2.17. The summed E-state index contributed by atoms with van der Waals surface area (Å²) in [6.45, 7) is 0. The summed E-state index contributed by atoms with van der Waals surface area (Å²) in [4.78, 5) is 25.8. The molecule has 0 aliphatic carbocycles. The van der Waals surface area contributed by atoms with Gasteiger partial charge in [-0.3, -0.25) is 14.9 Å². The standard InChI is InChI=1S/C18H19N3O3S/c1-21(2)17(23)12-7-6-8-13(11-12)19-18(25)20-16(22)14-9-4-5-10-15(14)24-3/h4-11H,1-3H3,(H2,19,20,22,25). The molecule has 0 radical (unpaired) electrons. The van der Waals surface area contributed by atoms with E-state index in [1.165, 1.54) is 12.0 Å². The zero-order valence-corrected chi connectivity index (χ0v) is 15.0. The van der Waals surface area contributed by atoms with Gasteiger partial charge in [-0.05, 0) is 42.5 Å². The van der Waals surface area contributed by atoms with Gasteiger partial charge < -0.3 is 15.0 Å². The van der Waals surface area contributed by atoms with Crippen LogP contribution in [0.5, 0.6) is 5.75 Å². The smallest absolute Gasteiger partial charge is 0.261 e. The number of carbonyl (C=O) groups is 2. The van der Waals surface area contributed by atoms with Crippen molar-refractivity contribution >= 4 is 34.8 Å². The monoisotopic (exact) mass is 357 g/mol. The number of hydrogen-bond donors (Lipinski definition) is 2. The predicted molar refractivity (Wildman–Crippen MR) is 101 cm³/mol. The van der Waals surface area contributed by atoms with Gasteiger partial charge in [-0.1, -0.05) is 18.2 Å². The number of anilines is 1. The summed E-state index contributed by atoms with van der Waals surface area (Å²) in [5, 5.41) is 5.63. The summed E-state index contributed by atoms with van der Waals surface area (Å²) in [5.74, 6) is -0.0375. The molecule has 0 saturated carbocycles. The van der Waals surface area contributed by atoms with E-state index in [1.54, 1.807) is 62.6 Å². The lowest BCUT2D eigenvalue weighted by Crippen LogP contribution is -2.34. The molecular weight excluding hydrogens is 338 g/mol. The van der Waals surface area contributed by atoms with E-state index in [0.29, 0.717) is 22.6 Å². The lowest BCUT2D eigenvalue weighted by Gasteiger charge is -2.13. The van der Waals surface area contributed by atoms with Crippen molar-refractivity contribution in [3.63, 3.8) is 0 Å². The SMILES string of the molecule is COc1ccccc1C(=O)NC(=S)Nc1cccc(C(=O)N(C)C)c1. The van der Waals surface area contributed by atoms with Gasteiger partial charge in [-0.2, -0.15) is 0 Å². The second-order valence-electron chi connectivity index (χ2n) is 5.39. The zero-order valence-electron chi connectivity index (χ0n) is 14.2. The van der Waals surface area contributed by atoms with Gasteiger partial charge in [0.05, 0.1) is 12.7 Å². The highest BCUT2D eigenvalue weighted by Gasteiger charge is 2.13. The van der Waals surface area contributed by atoms with E-state index in [4.69, 9.17) is 17.0 Å². The van der Waals surface area contributed by atoms with Crippen molar-refractivity contribution in [1.29, 1.82) is 0 Å². The van der Waals surface area contributed by atoms with Crippen molar-refractivity contribution in [2.45, 2.75) is 0 Å². The van der Waals surface area contributed by atoms with E-state index in [9.17, 15) is 9.59 Å². The molecule has 0 unspecified atom stereocenters. The van der Waals surface area contributed by atoms with Crippen LogP contribution in [0.15, 0.2) is 48.5 Å². The largest absolute Gasteiger partial charge is 0.496 e. The molecule has 0 aliphatic rings. The van der Waals surface area contributed by atoms with Crippen molar-refractivity contribution in [3.8, 4) is 5.75 Å². The topological polar surface area (TPSA) is 70.7 Å². The van der Waals surface area contributed by atoms with Gasteiger partial charge >= 0.3 is 0 Å². The second-order valence-corrected chi connectivity index (χ2v) is 5.80. The van der Waals surface area contributed by atoms with Crippen LogP contribution in [0.1, 0.15) is 20.7 Å². The van der Waals surface area contributed by atoms with Gasteiger partial charge in [0.15, 0.2) is 5.11 Å². The molecule has 2 rings (SSSR count). The summed E-state index contributed by atoms with van der Waals surface area (Å²) in [6.07, 6.45) is 0. The Morgan fingerprint density at radius 3 is 2.48 bits per heavy atom. The van der Waals surface area contributed by atoms with Crippen LogP contribution in [0.2, 0.25) is 0 Å². The first kappa shape index (κ1) is 18.4. The molecule has 2 aromatic carbocycles. The lowest BCUT2D eigenvalue weighted by atomic mass is 10.2. The van der Waals surface area contributed by atoms with Gasteiger partial charge in [0, 0.05) is 25.3 Å². The van der Waals surface area contributed by atoms with Crippen LogP contribution in [-0.4, -0.2) is 43.0 Å². The van der Waals surface area contributed by atoms with Crippen molar-refractivity contribution in [1.82, 2.24) is 10.2 Å². The number of thiocarbonyl (C=S) groups is 1. The Balaban J connectivity index is 2.06. The van der Waals surface area contributed by atoms with E-state index in [1.807, 2.05) is 0 Å². The molecule has 0 spiro atoms. The lowest BCUT2D eigenvalue weighted by molar-refractivity contribution is 0.0827. The Morgan fingerprint density at radius 2 is 1.80 bits per heavy atom. The van der Waals surface area contributed by atoms with Crippen molar-refractivity contribution < 1.29 is 14.3 Å². The predicted octanol–water partition coefficient (Wildman–Crippen LogP) is 2.52. The molecule has 0 heterocycles. The number of ether oxygens (including phenoxy) is 1. The maximum absolute atomic E-state index is 12.3. The zero-order chi connectivity index (χ0) is 18.4. The third kappa shape index (κ3) is 4.77. The van der Waals surface area contributed by atoms with E-state index >= 15 is 0 Å². The Labute approximate surface area is 151 Å². The molecule has 0 fully saturated rings. The van der Waals surface area contributed by atoms with Crippen LogP contribution in [-0.2, 0) is 0 Å². The van der Waals surface area contributed by atoms with Gasteiger partial charge in [0.1, 0.15) is 5.75 Å². The number of rotatable bonds is 4. The molecule has 0 atom stereocenters. The van der Waals surface area contributed by atoms with Crippen LogP contribution < -0.4 is 15.4 Å². The molecule has 2 amide bonds. The van der Waals surface area contributed by atoms with Crippen LogP contribution in [0, 0.1) is 0 Å². The average Bonchev–Trinajstić information content (AvgIpc) is 2.60. The molecule has 130 valence electrons. The first-order chi connectivity index (χ1) is 11.9. The first-order valence-corrected chi connectivity index (χ1v) is 7.90. The number of methoxy groups -OCH3 is 1. The Bertz CT molecular complexity index is 806. The van der Waals surface area contributed by atoms with E-state index in [2.05, 4.69) is 10.6 Å². The maximum Gasteiger partial charge on any atom is 0.261 e. The number of nitrogens with one attached hydrogen (secondary N) is 2. The third-order valence-corrected chi connectivity index (χ3v) is 3.56. The van der Waals surface area contributed by atoms with Crippen LogP contribution in [0.4, 0.5) is 5.69 Å². The molecule has 0 aromatic heterocycles. The Morgan fingerprint density at radius 1 is 1.08 bits per heavy atom. The van der Waals surface area contributed by atoms with Crippen LogP contribution in [0.25, 0.3) is 0 Å². The average molecular weight is 357 g/mol. The maximum atomic E-state index is 12.3. The third-order valence-electron chi connectivity index (χ3n) is 3.35. The molecule has 6 nitrogen and oxygen atoms in total. The van der Waals surface area contributed by atoms with Crippen LogP contribution in [0.3, 0.4) is 0 Å². The number of para-hydroxylation sites is 1. The molecule has 0 aliphatic heterocycles. The summed E-state index contributed by atoms with van der Waals surface area (Å²) in [7, 11) is 4.86. The summed E-state index contributed by atoms with van der Waals surface area (Å²) in [5.41, 5.74) is 1.51. The fraction of sp³-hybridized carbons (Fsp3) is 0.167. The number of nitrogens with zero attached hydrogens (tertiary/aromatic N) is 1. The number of carbonyl (C=O) groups excluding carboxylic acids is 2. The first-order valence-electron chi connectivity index (χ1n) is 7.49. The van der Waals surface area contributed by atoms with Crippen molar-refractivity contribution in [2.24, 2.45) is 0 Å². The molecule has 25 heavy (non-hydrogen) atoms. The minimum Gasteiger partial charge on any atom is -0.496 e. The molecule has 7 heteroatoms. The molecule has 2 N–H and O–H groups in total. The fourth-order valence-corrected chi connectivity index (χ4v) is 2.36. The Hall–Kier alpha value is -2.93. The molecule has 2 aromatic rings. The fourth-order valence-electron chi connectivity index (χ4n) is 2.15. The van der Waals surface area contributed by atoms with Gasteiger partial charge in [0.2, 0.25) is 0 Å². The van der Waals surface area contributed by atoms with E-state index in [0.717, 1.165) is 0 Å². The van der Waals surface area contributed by atoms with E-state index in [-0.39, 0.29) is 16.9 Å². The number of hydrogen-bond acceptors (Lipinski definition) is 4. The Kier molecular flexibility index (Phi) is 6.08. The normalized spacial score (nSPS) is 9.88. The van der Waals surface area contributed by atoms with Crippen molar-refractivity contribution in [2.75, 3.05) is 26.5 Å². The quantitative estimate of drug-likeness (QED) is 0.823. The number of amides is 2. The van der Waals surface area contributed by atoms with Gasteiger partial charge in [-0.25, -0.2) is 0 Å². The van der Waals surface area contributed by atoms with Gasteiger partial charge in [-0.15, -0.1) is 0 Å². The molecule has 0 bridgehead atoms. The summed E-state index contributed by atoms with van der Waals surface area (Å²) >= 11 is 5.17. The van der Waals surface area contributed by atoms with Crippen LogP contribution >= 0.6 is 12.2 Å². The van der Waals surface area contributed by atoms with E-state index < -0.39 is 0 Å². The second kappa shape index (κ2) is 8.25.